The molecule has 0 radical (unpaired) electrons. The van der Waals surface area contributed by atoms with E-state index in [-0.39, 0.29) is 35.7 Å². The van der Waals surface area contributed by atoms with Gasteiger partial charge in [-0.3, -0.25) is 9.88 Å². The van der Waals surface area contributed by atoms with Crippen LogP contribution >= 0.6 is 7.60 Å². The van der Waals surface area contributed by atoms with Gasteiger partial charge in [-0.05, 0) is 12.8 Å². The van der Waals surface area contributed by atoms with E-state index in [9.17, 15) is 24.5 Å². The molecule has 5 atom stereocenters. The van der Waals surface area contributed by atoms with Crippen LogP contribution in [0, 0.1) is 0 Å². The Kier molecular flexibility index (Phi) is 7.24. The Hall–Kier alpha value is -2.19. The highest BCUT2D eigenvalue weighted by molar-refractivity contribution is 7.51. The number of imidazole rings is 1. The molecule has 14 nitrogen and oxygen atoms in total. The Labute approximate surface area is 189 Å². The third-order valence-electron chi connectivity index (χ3n) is 5.73. The molecule has 2 fully saturated rings. The number of carbonyl (C=O) groups excluding carboxylic acids is 1. The van der Waals surface area contributed by atoms with Crippen LogP contribution in [0.3, 0.4) is 0 Å². The van der Waals surface area contributed by atoms with Gasteiger partial charge in [-0.15, -0.1) is 0 Å². The molecule has 6 N–H and O–H groups in total. The van der Waals surface area contributed by atoms with Gasteiger partial charge in [0, 0.05) is 18.7 Å². The number of rotatable bonds is 8. The fourth-order valence-electron chi connectivity index (χ4n) is 4.04. The first-order valence-corrected chi connectivity index (χ1v) is 12.4. The molecule has 0 spiro atoms. The number of nitrogens with one attached hydrogen (secondary N) is 2. The van der Waals surface area contributed by atoms with E-state index >= 15 is 0 Å². The maximum absolute atomic E-state index is 12.3. The van der Waals surface area contributed by atoms with Crippen LogP contribution < -0.4 is 21.3 Å². The lowest BCUT2D eigenvalue weighted by atomic mass is 10.1. The molecule has 0 bridgehead atoms. The molecule has 1 aliphatic carbocycles. The highest BCUT2D eigenvalue weighted by Crippen LogP contribution is 2.39. The first kappa shape index (κ1) is 24.0. The fraction of sp³-hybridized carbons (Fsp3) is 0.667. The van der Waals surface area contributed by atoms with E-state index in [1.807, 2.05) is 0 Å². The molecule has 33 heavy (non-hydrogen) atoms. The Balaban J connectivity index is 1.47. The smallest absolute Gasteiger partial charge is 0.320 e. The number of nitrogens with zero attached hydrogens (tertiary/aromatic N) is 4. The van der Waals surface area contributed by atoms with Gasteiger partial charge in [0.2, 0.25) is 0 Å². The quantitative estimate of drug-likeness (QED) is 0.288. The topological polar surface area (TPSA) is 210 Å². The SMILES string of the molecule is NCCP(=O)([O-])OC[C@H]1O[C@@H](n2cnc3c(NC(=O)NC4CCCC4)ncnc32)C(O)C1O. The minimum Gasteiger partial charge on any atom is -0.778 e. The summed E-state index contributed by atoms with van der Waals surface area (Å²) >= 11 is 0. The number of urea groups is 1. The Morgan fingerprint density at radius 3 is 2.79 bits per heavy atom. The van der Waals surface area contributed by atoms with E-state index in [4.69, 9.17) is 15.0 Å². The molecule has 15 heteroatoms. The number of fused-ring (bicyclic) bond motifs is 1. The van der Waals surface area contributed by atoms with Crippen LogP contribution in [0.25, 0.3) is 11.2 Å². The summed E-state index contributed by atoms with van der Waals surface area (Å²) in [4.78, 5) is 36.5. The monoisotopic (exact) mass is 484 g/mol. The number of anilines is 1. The number of aliphatic hydroxyl groups excluding tert-OH is 2. The number of aromatic nitrogens is 4. The highest BCUT2D eigenvalue weighted by Gasteiger charge is 2.44. The summed E-state index contributed by atoms with van der Waals surface area (Å²) in [6, 6.07) is -0.280. The second-order valence-corrected chi connectivity index (χ2v) is 10.0. The zero-order valence-corrected chi connectivity index (χ0v) is 18.6. The van der Waals surface area contributed by atoms with Crippen LogP contribution in [0.2, 0.25) is 0 Å². The minimum absolute atomic E-state index is 0.101. The van der Waals surface area contributed by atoms with Gasteiger partial charge in [-0.2, -0.15) is 0 Å². The second kappa shape index (κ2) is 9.97. The summed E-state index contributed by atoms with van der Waals surface area (Å²) in [5.41, 5.74) is 5.75. The number of hydrogen-bond donors (Lipinski definition) is 5. The van der Waals surface area contributed by atoms with Gasteiger partial charge in [0.1, 0.15) is 32.2 Å². The van der Waals surface area contributed by atoms with Crippen molar-refractivity contribution in [2.24, 2.45) is 5.73 Å². The molecule has 3 heterocycles. The van der Waals surface area contributed by atoms with E-state index in [2.05, 4.69) is 25.6 Å². The van der Waals surface area contributed by atoms with Crippen LogP contribution in [0.1, 0.15) is 31.9 Å². The van der Waals surface area contributed by atoms with E-state index in [1.165, 1.54) is 17.2 Å². The summed E-state index contributed by atoms with van der Waals surface area (Å²) in [5.74, 6) is 0.177. The summed E-state index contributed by atoms with van der Waals surface area (Å²) in [7, 11) is -4.18. The van der Waals surface area contributed by atoms with E-state index in [0.717, 1.165) is 25.7 Å². The fourth-order valence-corrected chi connectivity index (χ4v) is 4.85. The van der Waals surface area contributed by atoms with Crippen LogP contribution in [0.15, 0.2) is 12.7 Å². The normalized spacial score (nSPS) is 27.6. The van der Waals surface area contributed by atoms with Crippen LogP contribution in [-0.2, 0) is 13.8 Å². The van der Waals surface area contributed by atoms with Crippen molar-refractivity contribution in [1.82, 2.24) is 24.8 Å². The van der Waals surface area contributed by atoms with E-state index in [0.29, 0.717) is 0 Å². The maximum Gasteiger partial charge on any atom is 0.320 e. The first-order valence-electron chi connectivity index (χ1n) is 10.7. The number of amides is 2. The lowest BCUT2D eigenvalue weighted by molar-refractivity contribution is -0.201. The predicted octanol–water partition coefficient (Wildman–Crippen LogP) is -0.962. The molecule has 2 aliphatic rings. The largest absolute Gasteiger partial charge is 0.778 e. The molecular weight excluding hydrogens is 457 g/mol. The lowest BCUT2D eigenvalue weighted by Crippen LogP contribution is -2.36. The third kappa shape index (κ3) is 5.32. The minimum atomic E-state index is -4.18. The van der Waals surface area contributed by atoms with Crippen molar-refractivity contribution in [2.45, 2.75) is 56.3 Å². The molecule has 2 aromatic rings. The predicted molar refractivity (Wildman–Crippen MR) is 113 cm³/mol. The van der Waals surface area contributed by atoms with Gasteiger partial charge >= 0.3 is 6.03 Å². The third-order valence-corrected chi connectivity index (χ3v) is 7.08. The lowest BCUT2D eigenvalue weighted by Gasteiger charge is -2.25. The number of ether oxygens (including phenoxy) is 1. The molecule has 182 valence electrons. The highest BCUT2D eigenvalue weighted by atomic mass is 31.2. The average molecular weight is 484 g/mol. The van der Waals surface area contributed by atoms with Gasteiger partial charge in [0.05, 0.1) is 12.9 Å². The molecule has 1 saturated carbocycles. The van der Waals surface area contributed by atoms with Gasteiger partial charge in [0.15, 0.2) is 23.2 Å². The maximum atomic E-state index is 12.3. The van der Waals surface area contributed by atoms with Crippen LogP contribution in [-0.4, -0.2) is 79.4 Å². The van der Waals surface area contributed by atoms with Gasteiger partial charge in [0.25, 0.3) is 0 Å². The van der Waals surface area contributed by atoms with Crippen molar-refractivity contribution in [3.8, 4) is 0 Å². The summed E-state index contributed by atoms with van der Waals surface area (Å²) < 4.78 is 23.7. The van der Waals surface area contributed by atoms with Crippen molar-refractivity contribution < 1.29 is 33.7 Å². The number of aliphatic hydroxyl groups is 2. The van der Waals surface area contributed by atoms with Crippen molar-refractivity contribution in [2.75, 3.05) is 24.6 Å². The molecule has 4 rings (SSSR count). The average Bonchev–Trinajstić information content (AvgIpc) is 3.48. The second-order valence-electron chi connectivity index (χ2n) is 8.09. The van der Waals surface area contributed by atoms with Crippen molar-refractivity contribution >= 4 is 30.6 Å². The Morgan fingerprint density at radius 1 is 1.30 bits per heavy atom. The first-order chi connectivity index (χ1) is 15.8. The summed E-state index contributed by atoms with van der Waals surface area (Å²) in [5, 5.41) is 26.4. The molecule has 0 aromatic carbocycles. The Bertz CT molecular complexity index is 1030. The standard InChI is InChI=1S/C18H28N7O7P/c19-5-6-33(29,30)31-7-11-13(26)14(27)17(32-11)25-9-22-12-15(20-8-21-16(12)25)24-18(28)23-10-3-1-2-4-10/h8-11,13-14,17,26-27H,1-7,19H2,(H,29,30)(H2,20,21,23,24,28)/p-1/t11-,13?,14?,17-/m1/s1. The molecular formula is C18H27N7O7P-. The van der Waals surface area contributed by atoms with E-state index < -0.39 is 44.8 Å². The summed E-state index contributed by atoms with van der Waals surface area (Å²) in [6.07, 6.45) is 1.17. The zero-order valence-electron chi connectivity index (χ0n) is 17.7. The molecule has 2 aromatic heterocycles. The van der Waals surface area contributed by atoms with Crippen molar-refractivity contribution in [1.29, 1.82) is 0 Å². The molecule has 3 unspecified atom stereocenters. The van der Waals surface area contributed by atoms with Gasteiger partial charge in [-0.1, -0.05) is 12.8 Å². The van der Waals surface area contributed by atoms with Gasteiger partial charge < -0.3 is 40.0 Å². The van der Waals surface area contributed by atoms with Crippen LogP contribution in [0.5, 0.6) is 0 Å². The molecule has 1 aliphatic heterocycles. The molecule has 2 amide bonds. The van der Waals surface area contributed by atoms with Crippen LogP contribution in [0.4, 0.5) is 10.6 Å². The number of hydrogen-bond acceptors (Lipinski definition) is 11. The van der Waals surface area contributed by atoms with Crippen molar-refractivity contribution in [3.63, 3.8) is 0 Å². The number of nitrogens with two attached hydrogens (primary N) is 1. The number of carbonyl (C=O) groups is 1. The van der Waals surface area contributed by atoms with Crippen molar-refractivity contribution in [3.05, 3.63) is 12.7 Å². The van der Waals surface area contributed by atoms with Gasteiger partial charge in [-0.25, -0.2) is 19.7 Å². The van der Waals surface area contributed by atoms with E-state index in [1.54, 1.807) is 0 Å². The summed E-state index contributed by atoms with van der Waals surface area (Å²) in [6.45, 7) is -0.582. The Morgan fingerprint density at radius 2 is 2.06 bits per heavy atom. The zero-order chi connectivity index (χ0) is 23.6. The molecule has 1 saturated heterocycles.